The molecule has 4 nitrogen and oxygen atoms in total. The third-order valence-corrected chi connectivity index (χ3v) is 6.18. The lowest BCUT2D eigenvalue weighted by Gasteiger charge is -2.25. The monoisotopic (exact) mass is 295 g/mol. The van der Waals surface area contributed by atoms with Crippen molar-refractivity contribution in [3.63, 3.8) is 0 Å². The van der Waals surface area contributed by atoms with Crippen molar-refractivity contribution in [2.75, 3.05) is 30.0 Å². The predicted molar refractivity (Wildman–Crippen MR) is 80.1 cm³/mol. The number of rotatable bonds is 3. The predicted octanol–water partition coefficient (Wildman–Crippen LogP) is 2.25. The lowest BCUT2D eigenvalue weighted by molar-refractivity contribution is 0.184. The Morgan fingerprint density at radius 3 is 3.00 bits per heavy atom. The Bertz CT molecular complexity index is 612. The number of fused-ring (bicyclic) bond motifs is 1. The SMILES string of the molecule is CC1(COc2cccc3c2CCCN3)CCS(=O)(=O)C1. The quantitative estimate of drug-likeness (QED) is 0.929. The van der Waals surface area contributed by atoms with Gasteiger partial charge in [0.1, 0.15) is 5.75 Å². The third kappa shape index (κ3) is 2.77. The number of hydrogen-bond donors (Lipinski definition) is 1. The minimum absolute atomic E-state index is 0.243. The third-order valence-electron chi connectivity index (χ3n) is 4.21. The Labute approximate surface area is 120 Å². The highest BCUT2D eigenvalue weighted by molar-refractivity contribution is 7.91. The van der Waals surface area contributed by atoms with Crippen LogP contribution in [0.15, 0.2) is 18.2 Å². The van der Waals surface area contributed by atoms with E-state index in [1.807, 2.05) is 19.1 Å². The van der Waals surface area contributed by atoms with Crippen LogP contribution in [0.2, 0.25) is 0 Å². The summed E-state index contributed by atoms with van der Waals surface area (Å²) in [5.41, 5.74) is 2.13. The standard InChI is InChI=1S/C15H21NO3S/c1-15(7-9-20(17,18)11-15)10-19-14-6-2-5-13-12(14)4-3-8-16-13/h2,5-6,16H,3-4,7-11H2,1H3. The molecule has 0 bridgehead atoms. The molecule has 1 fully saturated rings. The van der Waals surface area contributed by atoms with Crippen molar-refractivity contribution in [2.45, 2.75) is 26.2 Å². The average Bonchev–Trinajstić information content (AvgIpc) is 2.71. The van der Waals surface area contributed by atoms with E-state index < -0.39 is 9.84 Å². The maximum atomic E-state index is 11.6. The van der Waals surface area contributed by atoms with Gasteiger partial charge in [0.2, 0.25) is 0 Å². The van der Waals surface area contributed by atoms with Gasteiger partial charge in [-0.05, 0) is 31.4 Å². The Balaban J connectivity index is 1.73. The van der Waals surface area contributed by atoms with Crippen LogP contribution in [0.25, 0.3) is 0 Å². The second kappa shape index (κ2) is 4.95. The first-order chi connectivity index (χ1) is 9.48. The molecule has 1 atom stereocenters. The number of sulfone groups is 1. The lowest BCUT2D eigenvalue weighted by Crippen LogP contribution is -2.27. The van der Waals surface area contributed by atoms with E-state index in [0.29, 0.717) is 18.8 Å². The van der Waals surface area contributed by atoms with Crippen LogP contribution < -0.4 is 10.1 Å². The van der Waals surface area contributed by atoms with E-state index in [0.717, 1.165) is 30.8 Å². The fraction of sp³-hybridized carbons (Fsp3) is 0.600. The molecule has 20 heavy (non-hydrogen) atoms. The van der Waals surface area contributed by atoms with Gasteiger partial charge in [0.15, 0.2) is 9.84 Å². The van der Waals surface area contributed by atoms with Crippen LogP contribution in [0.1, 0.15) is 25.3 Å². The van der Waals surface area contributed by atoms with Crippen molar-refractivity contribution in [1.29, 1.82) is 0 Å². The van der Waals surface area contributed by atoms with Gasteiger partial charge in [0.25, 0.3) is 0 Å². The number of anilines is 1. The molecule has 0 saturated carbocycles. The highest BCUT2D eigenvalue weighted by atomic mass is 32.2. The Kier molecular flexibility index (Phi) is 3.40. The summed E-state index contributed by atoms with van der Waals surface area (Å²) in [5, 5.41) is 3.38. The molecule has 1 aromatic carbocycles. The van der Waals surface area contributed by atoms with Crippen LogP contribution >= 0.6 is 0 Å². The molecular formula is C15H21NO3S. The van der Waals surface area contributed by atoms with E-state index in [4.69, 9.17) is 4.74 Å². The first-order valence-corrected chi connectivity index (χ1v) is 8.99. The van der Waals surface area contributed by atoms with Crippen LogP contribution in [0.5, 0.6) is 5.75 Å². The molecule has 0 aliphatic carbocycles. The van der Waals surface area contributed by atoms with Crippen molar-refractivity contribution in [3.05, 3.63) is 23.8 Å². The molecular weight excluding hydrogens is 274 g/mol. The maximum Gasteiger partial charge on any atom is 0.151 e. The zero-order valence-electron chi connectivity index (χ0n) is 11.8. The molecule has 5 heteroatoms. The van der Waals surface area contributed by atoms with Gasteiger partial charge in [-0.25, -0.2) is 8.42 Å². The van der Waals surface area contributed by atoms with Gasteiger partial charge in [-0.15, -0.1) is 0 Å². The van der Waals surface area contributed by atoms with Crippen molar-refractivity contribution >= 4 is 15.5 Å². The fourth-order valence-electron chi connectivity index (χ4n) is 3.06. The largest absolute Gasteiger partial charge is 0.493 e. The lowest BCUT2D eigenvalue weighted by atomic mass is 9.91. The molecule has 3 rings (SSSR count). The minimum atomic E-state index is -2.87. The van der Waals surface area contributed by atoms with E-state index in [9.17, 15) is 8.42 Å². The van der Waals surface area contributed by atoms with E-state index >= 15 is 0 Å². The van der Waals surface area contributed by atoms with Crippen molar-refractivity contribution in [3.8, 4) is 5.75 Å². The molecule has 0 spiro atoms. The summed E-state index contributed by atoms with van der Waals surface area (Å²) in [4.78, 5) is 0. The van der Waals surface area contributed by atoms with E-state index in [1.54, 1.807) is 0 Å². The Morgan fingerprint density at radius 2 is 2.25 bits per heavy atom. The molecule has 0 aromatic heterocycles. The summed E-state index contributed by atoms with van der Waals surface area (Å²) >= 11 is 0. The highest BCUT2D eigenvalue weighted by Gasteiger charge is 2.39. The number of nitrogens with one attached hydrogen (secondary N) is 1. The molecule has 0 amide bonds. The van der Waals surface area contributed by atoms with Gasteiger partial charge in [0, 0.05) is 23.2 Å². The van der Waals surface area contributed by atoms with Gasteiger partial charge < -0.3 is 10.1 Å². The summed E-state index contributed by atoms with van der Waals surface area (Å²) < 4.78 is 29.2. The fourth-order valence-corrected chi connectivity index (χ4v) is 5.29. The zero-order chi connectivity index (χ0) is 14.2. The summed E-state index contributed by atoms with van der Waals surface area (Å²) in [5.74, 6) is 1.44. The maximum absolute atomic E-state index is 11.6. The number of benzene rings is 1. The van der Waals surface area contributed by atoms with Crippen molar-refractivity contribution < 1.29 is 13.2 Å². The molecule has 2 heterocycles. The number of hydrogen-bond acceptors (Lipinski definition) is 4. The van der Waals surface area contributed by atoms with E-state index in [2.05, 4.69) is 11.4 Å². The zero-order valence-corrected chi connectivity index (χ0v) is 12.6. The molecule has 0 radical (unpaired) electrons. The topological polar surface area (TPSA) is 55.4 Å². The molecule has 2 aliphatic rings. The first-order valence-electron chi connectivity index (χ1n) is 7.17. The van der Waals surface area contributed by atoms with Gasteiger partial charge in [0.05, 0.1) is 18.1 Å². The summed E-state index contributed by atoms with van der Waals surface area (Å²) in [6.07, 6.45) is 2.83. The smallest absolute Gasteiger partial charge is 0.151 e. The van der Waals surface area contributed by atoms with Crippen LogP contribution in [-0.2, 0) is 16.3 Å². The van der Waals surface area contributed by atoms with Gasteiger partial charge in [-0.1, -0.05) is 13.0 Å². The van der Waals surface area contributed by atoms with E-state index in [1.165, 1.54) is 5.56 Å². The Morgan fingerprint density at radius 1 is 1.40 bits per heavy atom. The first kappa shape index (κ1) is 13.7. The van der Waals surface area contributed by atoms with Crippen molar-refractivity contribution in [2.24, 2.45) is 5.41 Å². The second-order valence-corrected chi connectivity index (χ2v) is 8.44. The average molecular weight is 295 g/mol. The molecule has 2 aliphatic heterocycles. The summed E-state index contributed by atoms with van der Waals surface area (Å²) in [7, 11) is -2.87. The molecule has 1 N–H and O–H groups in total. The molecule has 1 unspecified atom stereocenters. The number of ether oxygens (including phenoxy) is 1. The molecule has 1 saturated heterocycles. The molecule has 110 valence electrons. The van der Waals surface area contributed by atoms with Gasteiger partial charge >= 0.3 is 0 Å². The summed E-state index contributed by atoms with van der Waals surface area (Å²) in [6.45, 7) is 3.49. The second-order valence-electron chi connectivity index (χ2n) is 6.25. The van der Waals surface area contributed by atoms with Crippen LogP contribution in [-0.4, -0.2) is 33.1 Å². The van der Waals surface area contributed by atoms with Crippen LogP contribution in [0.3, 0.4) is 0 Å². The molecule has 1 aromatic rings. The normalized spacial score (nSPS) is 27.6. The van der Waals surface area contributed by atoms with Crippen molar-refractivity contribution in [1.82, 2.24) is 0 Å². The van der Waals surface area contributed by atoms with Crippen LogP contribution in [0, 0.1) is 5.41 Å². The summed E-state index contributed by atoms with van der Waals surface area (Å²) in [6, 6.07) is 6.04. The van der Waals surface area contributed by atoms with Gasteiger partial charge in [-0.3, -0.25) is 0 Å². The highest BCUT2D eigenvalue weighted by Crippen LogP contribution is 2.35. The van der Waals surface area contributed by atoms with E-state index in [-0.39, 0.29) is 11.2 Å². The van der Waals surface area contributed by atoms with Gasteiger partial charge in [-0.2, -0.15) is 0 Å². The minimum Gasteiger partial charge on any atom is -0.493 e. The van der Waals surface area contributed by atoms with Crippen LogP contribution in [0.4, 0.5) is 5.69 Å². The Hall–Kier alpha value is -1.23.